The van der Waals surface area contributed by atoms with Crippen LogP contribution in [-0.2, 0) is 24.0 Å². The fourth-order valence-corrected chi connectivity index (χ4v) is 2.90. The molecule has 0 aliphatic rings. The fraction of sp³-hybridized carbons (Fsp3) is 0.750. The highest BCUT2D eigenvalue weighted by Gasteiger charge is 2.27. The Morgan fingerprint density at radius 1 is 0.710 bits per heavy atom. The van der Waals surface area contributed by atoms with Gasteiger partial charge in [-0.1, -0.05) is 32.1 Å². The number of nitrogens with two attached hydrogens (primary N) is 1. The molecule has 0 heterocycles. The Morgan fingerprint density at radius 3 is 1.77 bits per heavy atom. The van der Waals surface area contributed by atoms with E-state index in [1.807, 2.05) is 0 Å². The van der Waals surface area contributed by atoms with E-state index in [9.17, 15) is 29.1 Å². The van der Waals surface area contributed by atoms with E-state index in [4.69, 9.17) is 15.9 Å². The van der Waals surface area contributed by atoms with Crippen molar-refractivity contribution in [3.8, 4) is 0 Å². The maximum atomic E-state index is 12.4. The first-order chi connectivity index (χ1) is 14.7. The van der Waals surface area contributed by atoms with Crippen LogP contribution < -0.4 is 16.4 Å². The van der Waals surface area contributed by atoms with Gasteiger partial charge in [-0.25, -0.2) is 4.79 Å². The molecular formula is C20H35N3O8. The van der Waals surface area contributed by atoms with Crippen LogP contribution in [-0.4, -0.2) is 63.7 Å². The van der Waals surface area contributed by atoms with E-state index in [2.05, 4.69) is 10.6 Å². The molecule has 11 heteroatoms. The largest absolute Gasteiger partial charge is 0.481 e. The van der Waals surface area contributed by atoms with Crippen molar-refractivity contribution in [1.29, 1.82) is 0 Å². The minimum absolute atomic E-state index is 0.0942. The van der Waals surface area contributed by atoms with Crippen molar-refractivity contribution in [2.75, 3.05) is 6.61 Å². The molecule has 0 aromatic carbocycles. The molecule has 0 spiro atoms. The Hall–Kier alpha value is -2.69. The van der Waals surface area contributed by atoms with E-state index in [1.165, 1.54) is 0 Å². The van der Waals surface area contributed by atoms with Gasteiger partial charge in [0.25, 0.3) is 0 Å². The van der Waals surface area contributed by atoms with E-state index in [1.54, 1.807) is 0 Å². The standard InChI is InChI=1S/C20H35N3O8/c21-16(25)11-9-14(19(29)23-15(20(30)31)10-12-18(27)28)22-17(26)8-6-4-2-1-3-5-7-13-24/h14-15,24H,1-13H2,(H2,21,25)(H,22,26)(H,23,29)(H,27,28)(H,30,31)/t14-,15-/m0/s1. The van der Waals surface area contributed by atoms with Gasteiger partial charge in [0.15, 0.2) is 0 Å². The highest BCUT2D eigenvalue weighted by Crippen LogP contribution is 2.09. The predicted molar refractivity (Wildman–Crippen MR) is 111 cm³/mol. The zero-order chi connectivity index (χ0) is 23.6. The van der Waals surface area contributed by atoms with Gasteiger partial charge in [-0.3, -0.25) is 19.2 Å². The average Bonchev–Trinajstić information content (AvgIpc) is 2.69. The fourth-order valence-electron chi connectivity index (χ4n) is 2.90. The summed E-state index contributed by atoms with van der Waals surface area (Å²) in [7, 11) is 0. The number of aliphatic hydroxyl groups excluding tert-OH is 1. The van der Waals surface area contributed by atoms with E-state index >= 15 is 0 Å². The number of carbonyl (C=O) groups excluding carboxylic acids is 3. The number of aliphatic hydroxyl groups is 1. The normalized spacial score (nSPS) is 12.5. The lowest BCUT2D eigenvalue weighted by Gasteiger charge is -2.21. The van der Waals surface area contributed by atoms with Crippen LogP contribution in [0.1, 0.15) is 77.0 Å². The molecule has 0 saturated heterocycles. The molecule has 0 saturated carbocycles. The van der Waals surface area contributed by atoms with E-state index < -0.39 is 48.2 Å². The Kier molecular flexibility index (Phi) is 15.6. The molecule has 11 nitrogen and oxygen atoms in total. The molecule has 0 aromatic heterocycles. The summed E-state index contributed by atoms with van der Waals surface area (Å²) in [6, 6.07) is -2.58. The third-order valence-corrected chi connectivity index (χ3v) is 4.65. The molecule has 0 rings (SSSR count). The average molecular weight is 446 g/mol. The second kappa shape index (κ2) is 17.0. The van der Waals surface area contributed by atoms with Crippen LogP contribution in [0.15, 0.2) is 0 Å². The molecule has 7 N–H and O–H groups in total. The first-order valence-electron chi connectivity index (χ1n) is 10.6. The van der Waals surface area contributed by atoms with Crippen LogP contribution in [0.4, 0.5) is 0 Å². The predicted octanol–water partition coefficient (Wildman–Crippen LogP) is 0.284. The van der Waals surface area contributed by atoms with Crippen LogP contribution in [0, 0.1) is 0 Å². The summed E-state index contributed by atoms with van der Waals surface area (Å²) in [4.78, 5) is 57.6. The lowest BCUT2D eigenvalue weighted by atomic mass is 10.1. The SMILES string of the molecule is NC(=O)CC[C@H](NC(=O)CCCCCCCCCO)C(=O)N[C@@H](CCC(=O)O)C(=O)O. The number of nitrogens with one attached hydrogen (secondary N) is 2. The lowest BCUT2D eigenvalue weighted by Crippen LogP contribution is -2.51. The number of carboxylic acids is 2. The van der Waals surface area contributed by atoms with Gasteiger partial charge in [-0.05, 0) is 25.7 Å². The van der Waals surface area contributed by atoms with Crippen LogP contribution >= 0.6 is 0 Å². The minimum atomic E-state index is -1.43. The van der Waals surface area contributed by atoms with Crippen molar-refractivity contribution in [2.24, 2.45) is 5.73 Å². The number of primary amides is 1. The molecule has 31 heavy (non-hydrogen) atoms. The molecule has 3 amide bonds. The number of carbonyl (C=O) groups is 5. The van der Waals surface area contributed by atoms with Crippen LogP contribution in [0.5, 0.6) is 0 Å². The summed E-state index contributed by atoms with van der Waals surface area (Å²) in [6.45, 7) is 0.192. The van der Waals surface area contributed by atoms with Crippen molar-refractivity contribution >= 4 is 29.7 Å². The van der Waals surface area contributed by atoms with Gasteiger partial charge in [0.1, 0.15) is 12.1 Å². The molecule has 2 atom stereocenters. The second-order valence-corrected chi connectivity index (χ2v) is 7.41. The molecule has 0 aliphatic carbocycles. The van der Waals surface area contributed by atoms with Crippen molar-refractivity contribution < 1.29 is 39.3 Å². The minimum Gasteiger partial charge on any atom is -0.481 e. The number of hydrogen-bond acceptors (Lipinski definition) is 6. The van der Waals surface area contributed by atoms with Gasteiger partial charge in [-0.2, -0.15) is 0 Å². The zero-order valence-electron chi connectivity index (χ0n) is 17.8. The molecule has 0 bridgehead atoms. The zero-order valence-corrected chi connectivity index (χ0v) is 17.8. The summed E-state index contributed by atoms with van der Waals surface area (Å²) in [5, 5.41) is 31.3. The van der Waals surface area contributed by atoms with Gasteiger partial charge in [0.2, 0.25) is 17.7 Å². The summed E-state index contributed by atoms with van der Waals surface area (Å²) in [5.41, 5.74) is 5.10. The number of hydrogen-bond donors (Lipinski definition) is 6. The summed E-state index contributed by atoms with van der Waals surface area (Å²) >= 11 is 0. The Labute approximate surface area is 181 Å². The van der Waals surface area contributed by atoms with Gasteiger partial charge < -0.3 is 31.7 Å². The van der Waals surface area contributed by atoms with E-state index in [0.717, 1.165) is 38.5 Å². The summed E-state index contributed by atoms with van der Waals surface area (Å²) < 4.78 is 0. The lowest BCUT2D eigenvalue weighted by molar-refractivity contribution is -0.143. The van der Waals surface area contributed by atoms with Crippen molar-refractivity contribution in [3.05, 3.63) is 0 Å². The number of rotatable bonds is 19. The molecular weight excluding hydrogens is 410 g/mol. The van der Waals surface area contributed by atoms with Gasteiger partial charge in [0.05, 0.1) is 0 Å². The monoisotopic (exact) mass is 445 g/mol. The highest BCUT2D eigenvalue weighted by molar-refractivity contribution is 5.91. The van der Waals surface area contributed by atoms with Gasteiger partial charge in [0, 0.05) is 25.9 Å². The number of aliphatic carboxylic acids is 2. The number of carboxylic acid groups (broad SMARTS) is 2. The Balaban J connectivity index is 4.59. The van der Waals surface area contributed by atoms with Gasteiger partial charge >= 0.3 is 11.9 Å². The number of amides is 3. The van der Waals surface area contributed by atoms with Crippen LogP contribution in [0.25, 0.3) is 0 Å². The number of unbranched alkanes of at least 4 members (excludes halogenated alkanes) is 6. The second-order valence-electron chi connectivity index (χ2n) is 7.41. The molecule has 178 valence electrons. The third-order valence-electron chi connectivity index (χ3n) is 4.65. The van der Waals surface area contributed by atoms with Crippen LogP contribution in [0.3, 0.4) is 0 Å². The molecule has 0 radical (unpaired) electrons. The summed E-state index contributed by atoms with van der Waals surface area (Å²) in [5.74, 6) is -4.48. The third kappa shape index (κ3) is 15.8. The first kappa shape index (κ1) is 28.3. The Bertz CT molecular complexity index is 597. The van der Waals surface area contributed by atoms with Crippen molar-refractivity contribution in [2.45, 2.75) is 89.1 Å². The first-order valence-corrected chi connectivity index (χ1v) is 10.6. The van der Waals surface area contributed by atoms with Gasteiger partial charge in [-0.15, -0.1) is 0 Å². The highest BCUT2D eigenvalue weighted by atomic mass is 16.4. The maximum absolute atomic E-state index is 12.4. The van der Waals surface area contributed by atoms with Crippen molar-refractivity contribution in [3.63, 3.8) is 0 Å². The molecule has 0 fully saturated rings. The van der Waals surface area contributed by atoms with Crippen molar-refractivity contribution in [1.82, 2.24) is 10.6 Å². The topological polar surface area (TPSA) is 196 Å². The van der Waals surface area contributed by atoms with E-state index in [0.29, 0.717) is 6.42 Å². The smallest absolute Gasteiger partial charge is 0.326 e. The molecule has 0 aromatic rings. The molecule has 0 unspecified atom stereocenters. The maximum Gasteiger partial charge on any atom is 0.326 e. The summed E-state index contributed by atoms with van der Waals surface area (Å²) in [6.07, 6.45) is 5.34. The van der Waals surface area contributed by atoms with E-state index in [-0.39, 0.29) is 32.3 Å². The van der Waals surface area contributed by atoms with Crippen LogP contribution in [0.2, 0.25) is 0 Å². The Morgan fingerprint density at radius 2 is 1.26 bits per heavy atom. The quantitative estimate of drug-likeness (QED) is 0.152. The molecule has 0 aliphatic heterocycles.